The predicted octanol–water partition coefficient (Wildman–Crippen LogP) is 4.47. The summed E-state index contributed by atoms with van der Waals surface area (Å²) in [5.74, 6) is 2.91. The molecule has 0 aromatic heterocycles. The van der Waals surface area contributed by atoms with Gasteiger partial charge >= 0.3 is 0 Å². The van der Waals surface area contributed by atoms with Crippen LogP contribution in [0.4, 0.5) is 5.69 Å². The van der Waals surface area contributed by atoms with E-state index in [4.69, 9.17) is 9.73 Å². The Hall–Kier alpha value is -1.16. The Balaban J connectivity index is 1.71. The molecule has 1 aromatic rings. The summed E-state index contributed by atoms with van der Waals surface area (Å²) < 4.78 is 5.26. The fraction of sp³-hybridized carbons (Fsp3) is 0.588. The van der Waals surface area contributed by atoms with E-state index in [1.54, 1.807) is 7.11 Å². The molecule has 1 aliphatic heterocycles. The number of hydrogen-bond acceptors (Lipinski definition) is 4. The molecule has 0 amide bonds. The molecule has 1 fully saturated rings. The molecule has 0 bridgehead atoms. The highest BCUT2D eigenvalue weighted by Gasteiger charge is 2.38. The molecule has 114 valence electrons. The number of methoxy groups -OCH3 is 1. The molecule has 0 unspecified atom stereocenters. The molecule has 0 saturated heterocycles. The second-order valence-corrected chi connectivity index (χ2v) is 7.38. The number of thioether (sulfide) groups is 1. The van der Waals surface area contributed by atoms with Crippen LogP contribution in [0, 0.1) is 12.8 Å². The van der Waals surface area contributed by atoms with Crippen molar-refractivity contribution in [2.24, 2.45) is 10.9 Å². The Labute approximate surface area is 131 Å². The van der Waals surface area contributed by atoms with Crippen LogP contribution in [0.15, 0.2) is 23.2 Å². The van der Waals surface area contributed by atoms with E-state index in [0.29, 0.717) is 0 Å². The van der Waals surface area contributed by atoms with Crippen LogP contribution in [0.3, 0.4) is 0 Å². The van der Waals surface area contributed by atoms with Crippen LogP contribution < -0.4 is 10.1 Å². The molecule has 3 nitrogen and oxygen atoms in total. The van der Waals surface area contributed by atoms with Gasteiger partial charge < -0.3 is 10.1 Å². The van der Waals surface area contributed by atoms with Gasteiger partial charge in [-0.25, -0.2) is 0 Å². The minimum absolute atomic E-state index is 0.208. The third-order valence-corrected chi connectivity index (χ3v) is 5.84. The van der Waals surface area contributed by atoms with E-state index in [-0.39, 0.29) is 5.54 Å². The van der Waals surface area contributed by atoms with Crippen LogP contribution in [-0.4, -0.2) is 23.6 Å². The number of ether oxygens (including phenoxy) is 1. The Morgan fingerprint density at radius 2 is 2.10 bits per heavy atom. The Morgan fingerprint density at radius 1 is 1.33 bits per heavy atom. The topological polar surface area (TPSA) is 33.6 Å². The highest BCUT2D eigenvalue weighted by Crippen LogP contribution is 2.41. The molecule has 4 heteroatoms. The number of rotatable bonds is 2. The summed E-state index contributed by atoms with van der Waals surface area (Å²) in [6.07, 6.45) is 5.12. The van der Waals surface area contributed by atoms with Crippen molar-refractivity contribution in [3.05, 3.63) is 23.8 Å². The zero-order chi connectivity index (χ0) is 14.9. The lowest BCUT2D eigenvalue weighted by atomic mass is 9.79. The first-order valence-electron chi connectivity index (χ1n) is 7.74. The normalized spacial score (nSPS) is 28.5. The SMILES string of the molecule is COc1ccc(NC2=NC3(CCC(C)CC3)CS2)c(C)c1. The summed E-state index contributed by atoms with van der Waals surface area (Å²) in [5.41, 5.74) is 2.53. The van der Waals surface area contributed by atoms with Crippen LogP contribution in [0.1, 0.15) is 38.2 Å². The number of aliphatic imine (C=N–C) groups is 1. The molecule has 2 aliphatic rings. The van der Waals surface area contributed by atoms with E-state index in [1.165, 1.54) is 31.2 Å². The summed E-state index contributed by atoms with van der Waals surface area (Å²) in [5, 5.41) is 4.58. The number of aryl methyl sites for hydroxylation is 1. The van der Waals surface area contributed by atoms with Crippen molar-refractivity contribution in [2.75, 3.05) is 18.2 Å². The molecule has 1 aromatic carbocycles. The lowest BCUT2D eigenvalue weighted by molar-refractivity contribution is 0.273. The number of benzene rings is 1. The van der Waals surface area contributed by atoms with Crippen molar-refractivity contribution < 1.29 is 4.74 Å². The van der Waals surface area contributed by atoms with Crippen molar-refractivity contribution in [3.63, 3.8) is 0 Å². The van der Waals surface area contributed by atoms with E-state index < -0.39 is 0 Å². The Kier molecular flexibility index (Phi) is 4.16. The lowest BCUT2D eigenvalue weighted by Crippen LogP contribution is -2.32. The number of hydrogen-bond donors (Lipinski definition) is 1. The van der Waals surface area contributed by atoms with E-state index in [9.17, 15) is 0 Å². The maximum Gasteiger partial charge on any atom is 0.161 e. The van der Waals surface area contributed by atoms with Crippen LogP contribution in [0.25, 0.3) is 0 Å². The average Bonchev–Trinajstić information content (AvgIpc) is 2.88. The first-order chi connectivity index (χ1) is 10.1. The molecule has 21 heavy (non-hydrogen) atoms. The zero-order valence-corrected chi connectivity index (χ0v) is 13.9. The van der Waals surface area contributed by atoms with Crippen LogP contribution >= 0.6 is 11.8 Å². The van der Waals surface area contributed by atoms with Crippen molar-refractivity contribution in [2.45, 2.75) is 45.1 Å². The zero-order valence-electron chi connectivity index (χ0n) is 13.1. The second-order valence-electron chi connectivity index (χ2n) is 6.42. The highest BCUT2D eigenvalue weighted by molar-refractivity contribution is 8.14. The van der Waals surface area contributed by atoms with Crippen molar-refractivity contribution >= 4 is 22.6 Å². The number of nitrogens with one attached hydrogen (secondary N) is 1. The summed E-state index contributed by atoms with van der Waals surface area (Å²) in [4.78, 5) is 5.03. The molecule has 1 spiro atoms. The number of amidine groups is 1. The maximum atomic E-state index is 5.26. The monoisotopic (exact) mass is 304 g/mol. The van der Waals surface area contributed by atoms with Gasteiger partial charge in [0.2, 0.25) is 0 Å². The van der Waals surface area contributed by atoms with Crippen LogP contribution in [-0.2, 0) is 0 Å². The number of nitrogens with zero attached hydrogens (tertiary/aromatic N) is 1. The summed E-state index contributed by atoms with van der Waals surface area (Å²) in [6, 6.07) is 6.12. The smallest absolute Gasteiger partial charge is 0.161 e. The van der Waals surface area contributed by atoms with Gasteiger partial charge in [0.1, 0.15) is 5.75 Å². The lowest BCUT2D eigenvalue weighted by Gasteiger charge is -2.32. The molecular weight excluding hydrogens is 280 g/mol. The third-order valence-electron chi connectivity index (χ3n) is 4.70. The molecule has 1 aliphatic carbocycles. The average molecular weight is 304 g/mol. The first-order valence-corrected chi connectivity index (χ1v) is 8.73. The van der Waals surface area contributed by atoms with Gasteiger partial charge in [-0.05, 0) is 62.3 Å². The fourth-order valence-electron chi connectivity index (χ4n) is 3.12. The van der Waals surface area contributed by atoms with Crippen molar-refractivity contribution in [3.8, 4) is 5.75 Å². The van der Waals surface area contributed by atoms with Gasteiger partial charge in [0, 0.05) is 11.4 Å². The Bertz CT molecular complexity index is 548. The molecule has 1 N–H and O–H groups in total. The molecule has 0 atom stereocenters. The van der Waals surface area contributed by atoms with Gasteiger partial charge in [0.05, 0.1) is 12.6 Å². The third kappa shape index (κ3) is 3.20. The standard InChI is InChI=1S/C17H24N2OS/c1-12-6-8-17(9-7-12)11-21-16(19-17)18-15-5-4-14(20-3)10-13(15)2/h4-5,10,12H,6-9,11H2,1-3H3,(H,18,19). The molecule has 1 heterocycles. The van der Waals surface area contributed by atoms with Crippen molar-refractivity contribution in [1.29, 1.82) is 0 Å². The van der Waals surface area contributed by atoms with Crippen LogP contribution in [0.5, 0.6) is 5.75 Å². The minimum atomic E-state index is 0.208. The summed E-state index contributed by atoms with van der Waals surface area (Å²) in [6.45, 7) is 4.46. The predicted molar refractivity (Wildman–Crippen MR) is 91.6 cm³/mol. The van der Waals surface area contributed by atoms with Gasteiger partial charge in [-0.2, -0.15) is 0 Å². The summed E-state index contributed by atoms with van der Waals surface area (Å²) in [7, 11) is 1.70. The van der Waals surface area contributed by atoms with Gasteiger partial charge in [-0.1, -0.05) is 18.7 Å². The quantitative estimate of drug-likeness (QED) is 0.875. The van der Waals surface area contributed by atoms with E-state index >= 15 is 0 Å². The van der Waals surface area contributed by atoms with E-state index in [2.05, 4.69) is 31.3 Å². The maximum absolute atomic E-state index is 5.26. The summed E-state index contributed by atoms with van der Waals surface area (Å²) >= 11 is 1.87. The molecular formula is C17H24N2OS. The van der Waals surface area contributed by atoms with Crippen LogP contribution in [0.2, 0.25) is 0 Å². The largest absolute Gasteiger partial charge is 0.497 e. The first kappa shape index (κ1) is 14.8. The molecule has 0 radical (unpaired) electrons. The van der Waals surface area contributed by atoms with Gasteiger partial charge in [0.25, 0.3) is 0 Å². The van der Waals surface area contributed by atoms with Gasteiger partial charge in [-0.3, -0.25) is 4.99 Å². The van der Waals surface area contributed by atoms with E-state index in [1.807, 2.05) is 17.8 Å². The molecule has 1 saturated carbocycles. The van der Waals surface area contributed by atoms with Crippen molar-refractivity contribution in [1.82, 2.24) is 0 Å². The fourth-order valence-corrected chi connectivity index (χ4v) is 4.32. The highest BCUT2D eigenvalue weighted by atomic mass is 32.2. The second kappa shape index (κ2) is 5.91. The van der Waals surface area contributed by atoms with E-state index in [0.717, 1.165) is 28.3 Å². The number of anilines is 1. The Morgan fingerprint density at radius 3 is 2.76 bits per heavy atom. The minimum Gasteiger partial charge on any atom is -0.497 e. The molecule has 3 rings (SSSR count). The van der Waals surface area contributed by atoms with Gasteiger partial charge in [-0.15, -0.1) is 0 Å². The van der Waals surface area contributed by atoms with Gasteiger partial charge in [0.15, 0.2) is 5.17 Å².